The van der Waals surface area contributed by atoms with E-state index in [-0.39, 0.29) is 0 Å². The molecule has 1 atom stereocenters. The van der Waals surface area contributed by atoms with E-state index in [0.29, 0.717) is 5.92 Å². The van der Waals surface area contributed by atoms with Crippen molar-refractivity contribution < 1.29 is 0 Å². The molecule has 0 aromatic carbocycles. The number of hydrogen-bond donors (Lipinski definition) is 1. The number of nitrogens with one attached hydrogen (secondary N) is 1. The van der Waals surface area contributed by atoms with Gasteiger partial charge in [0.1, 0.15) is 11.5 Å². The highest BCUT2D eigenvalue weighted by Crippen LogP contribution is 2.20. The molecule has 72 valence electrons. The van der Waals surface area contributed by atoms with Gasteiger partial charge in [0.15, 0.2) is 0 Å². The quantitative estimate of drug-likeness (QED) is 0.720. The van der Waals surface area contributed by atoms with Crippen molar-refractivity contribution in [2.24, 2.45) is 0 Å². The van der Waals surface area contributed by atoms with Gasteiger partial charge < -0.3 is 5.32 Å². The Morgan fingerprint density at radius 2 is 2.36 bits per heavy atom. The molecule has 0 spiro atoms. The van der Waals surface area contributed by atoms with Gasteiger partial charge in [-0.1, -0.05) is 0 Å². The minimum Gasteiger partial charge on any atom is -0.316 e. The monoisotopic (exact) mass is 188 g/mol. The second-order valence-corrected chi connectivity index (χ2v) is 3.65. The van der Waals surface area contributed by atoms with Crippen molar-refractivity contribution >= 4 is 5.65 Å². The van der Waals surface area contributed by atoms with Crippen molar-refractivity contribution in [1.82, 2.24) is 19.7 Å². The molecule has 1 unspecified atom stereocenters. The van der Waals surface area contributed by atoms with Gasteiger partial charge in [0, 0.05) is 31.1 Å². The molecule has 0 radical (unpaired) electrons. The Hall–Kier alpha value is -1.42. The summed E-state index contributed by atoms with van der Waals surface area (Å²) in [5.41, 5.74) is 0.988. The molecule has 1 N–H and O–H groups in total. The largest absolute Gasteiger partial charge is 0.316 e. The van der Waals surface area contributed by atoms with Gasteiger partial charge in [0.05, 0.1) is 0 Å². The fourth-order valence-electron chi connectivity index (χ4n) is 2.05. The van der Waals surface area contributed by atoms with Crippen molar-refractivity contribution in [2.45, 2.75) is 12.3 Å². The zero-order chi connectivity index (χ0) is 9.38. The van der Waals surface area contributed by atoms with Crippen LogP contribution in [0.25, 0.3) is 5.65 Å². The summed E-state index contributed by atoms with van der Waals surface area (Å²) in [4.78, 5) is 8.70. The van der Waals surface area contributed by atoms with E-state index < -0.39 is 0 Å². The molecule has 4 nitrogen and oxygen atoms in total. The first-order chi connectivity index (χ1) is 6.95. The van der Waals surface area contributed by atoms with E-state index in [1.54, 1.807) is 0 Å². The van der Waals surface area contributed by atoms with Crippen LogP contribution in [0, 0.1) is 0 Å². The number of fused-ring (bicyclic) bond motifs is 1. The van der Waals surface area contributed by atoms with Crippen molar-refractivity contribution in [3.05, 3.63) is 30.5 Å². The molecule has 14 heavy (non-hydrogen) atoms. The van der Waals surface area contributed by atoms with E-state index in [1.807, 2.05) is 24.7 Å². The van der Waals surface area contributed by atoms with Crippen LogP contribution in [0.2, 0.25) is 0 Å². The summed E-state index contributed by atoms with van der Waals surface area (Å²) < 4.78 is 2.08. The number of imidazole rings is 1. The third-order valence-electron chi connectivity index (χ3n) is 2.77. The average Bonchev–Trinajstić information content (AvgIpc) is 2.88. The molecule has 4 heteroatoms. The predicted molar refractivity (Wildman–Crippen MR) is 53.2 cm³/mol. The SMILES string of the molecule is c1cc2nccn2c(C2CCNC2)n1. The Labute approximate surface area is 82.0 Å². The predicted octanol–water partition coefficient (Wildman–Crippen LogP) is 0.806. The number of rotatable bonds is 1. The lowest BCUT2D eigenvalue weighted by atomic mass is 10.1. The van der Waals surface area contributed by atoms with Crippen molar-refractivity contribution in [3.63, 3.8) is 0 Å². The molecule has 0 bridgehead atoms. The maximum Gasteiger partial charge on any atom is 0.139 e. The van der Waals surface area contributed by atoms with Crippen LogP contribution in [0.5, 0.6) is 0 Å². The molecule has 0 aliphatic carbocycles. The highest BCUT2D eigenvalue weighted by atomic mass is 15.1. The van der Waals surface area contributed by atoms with Crippen LogP contribution in [0.3, 0.4) is 0 Å². The zero-order valence-electron chi connectivity index (χ0n) is 7.85. The summed E-state index contributed by atoms with van der Waals surface area (Å²) in [6.45, 7) is 2.13. The van der Waals surface area contributed by atoms with E-state index in [2.05, 4.69) is 19.7 Å². The fourth-order valence-corrected chi connectivity index (χ4v) is 2.05. The topological polar surface area (TPSA) is 42.2 Å². The summed E-state index contributed by atoms with van der Waals surface area (Å²) >= 11 is 0. The van der Waals surface area contributed by atoms with Crippen LogP contribution in [-0.2, 0) is 0 Å². The summed E-state index contributed by atoms with van der Waals surface area (Å²) in [5, 5.41) is 3.35. The standard InChI is InChI=1S/C10H12N4/c1-3-11-7-8(1)10-13-4-2-9-12-5-6-14(9)10/h2,4-6,8,11H,1,3,7H2. The molecular weight excluding hydrogens is 176 g/mol. The molecule has 1 aliphatic rings. The van der Waals surface area contributed by atoms with E-state index in [1.165, 1.54) is 6.42 Å². The minimum atomic E-state index is 0.535. The average molecular weight is 188 g/mol. The van der Waals surface area contributed by atoms with E-state index in [9.17, 15) is 0 Å². The van der Waals surface area contributed by atoms with E-state index >= 15 is 0 Å². The van der Waals surface area contributed by atoms with Crippen LogP contribution in [0.15, 0.2) is 24.7 Å². The minimum absolute atomic E-state index is 0.535. The van der Waals surface area contributed by atoms with Gasteiger partial charge in [0.25, 0.3) is 0 Å². The zero-order valence-corrected chi connectivity index (χ0v) is 7.85. The summed E-state index contributed by atoms with van der Waals surface area (Å²) in [6, 6.07) is 1.94. The Morgan fingerprint density at radius 1 is 1.36 bits per heavy atom. The molecule has 1 aliphatic heterocycles. The summed E-state index contributed by atoms with van der Waals surface area (Å²) in [7, 11) is 0. The van der Waals surface area contributed by atoms with Gasteiger partial charge in [-0.05, 0) is 19.0 Å². The second-order valence-electron chi connectivity index (χ2n) is 3.65. The highest BCUT2D eigenvalue weighted by molar-refractivity contribution is 5.37. The second kappa shape index (κ2) is 3.06. The van der Waals surface area contributed by atoms with Crippen LogP contribution in [0.4, 0.5) is 0 Å². The lowest BCUT2D eigenvalue weighted by Gasteiger charge is -2.09. The van der Waals surface area contributed by atoms with Gasteiger partial charge >= 0.3 is 0 Å². The molecule has 0 saturated carbocycles. The number of hydrogen-bond acceptors (Lipinski definition) is 3. The van der Waals surface area contributed by atoms with E-state index in [4.69, 9.17) is 0 Å². The maximum atomic E-state index is 4.44. The van der Waals surface area contributed by atoms with Crippen molar-refractivity contribution in [2.75, 3.05) is 13.1 Å². The number of nitrogens with zero attached hydrogens (tertiary/aromatic N) is 3. The summed E-state index contributed by atoms with van der Waals surface area (Å²) in [6.07, 6.45) is 6.82. The first-order valence-corrected chi connectivity index (χ1v) is 4.94. The lowest BCUT2D eigenvalue weighted by molar-refractivity contribution is 0.687. The molecule has 0 amide bonds. The molecule has 2 aromatic rings. The molecule has 1 saturated heterocycles. The van der Waals surface area contributed by atoms with Gasteiger partial charge in [-0.15, -0.1) is 0 Å². The first-order valence-electron chi connectivity index (χ1n) is 4.94. The van der Waals surface area contributed by atoms with Crippen LogP contribution in [0.1, 0.15) is 18.2 Å². The molecule has 1 fully saturated rings. The van der Waals surface area contributed by atoms with Gasteiger partial charge in [0.2, 0.25) is 0 Å². The van der Waals surface area contributed by atoms with E-state index in [0.717, 1.165) is 24.6 Å². The van der Waals surface area contributed by atoms with Gasteiger partial charge in [-0.25, -0.2) is 9.97 Å². The Kier molecular flexibility index (Phi) is 1.73. The van der Waals surface area contributed by atoms with Crippen molar-refractivity contribution in [3.8, 4) is 0 Å². The van der Waals surface area contributed by atoms with Gasteiger partial charge in [-0.2, -0.15) is 0 Å². The molecular formula is C10H12N4. The fraction of sp³-hybridized carbons (Fsp3) is 0.400. The normalized spacial score (nSPS) is 21.9. The van der Waals surface area contributed by atoms with Crippen molar-refractivity contribution in [1.29, 1.82) is 0 Å². The lowest BCUT2D eigenvalue weighted by Crippen LogP contribution is -2.11. The van der Waals surface area contributed by atoms with Crippen LogP contribution in [-0.4, -0.2) is 27.5 Å². The Morgan fingerprint density at radius 3 is 3.21 bits per heavy atom. The smallest absolute Gasteiger partial charge is 0.139 e. The number of aromatic nitrogens is 3. The van der Waals surface area contributed by atoms with Crippen LogP contribution < -0.4 is 5.32 Å². The van der Waals surface area contributed by atoms with Gasteiger partial charge in [-0.3, -0.25) is 4.40 Å². The Bertz CT molecular complexity index is 442. The highest BCUT2D eigenvalue weighted by Gasteiger charge is 2.20. The third kappa shape index (κ3) is 1.11. The molecule has 3 rings (SSSR count). The Balaban J connectivity index is 2.14. The first kappa shape index (κ1) is 7.94. The maximum absolute atomic E-state index is 4.44. The summed E-state index contributed by atoms with van der Waals surface area (Å²) in [5.74, 6) is 1.66. The molecule has 3 heterocycles. The molecule has 2 aromatic heterocycles. The van der Waals surface area contributed by atoms with Crippen LogP contribution >= 0.6 is 0 Å². The third-order valence-corrected chi connectivity index (χ3v) is 2.77.